The Balaban J connectivity index is 2.62. The second-order valence-electron chi connectivity index (χ2n) is 5.04. The highest BCUT2D eigenvalue weighted by atomic mass is 19.1. The van der Waals surface area contributed by atoms with Gasteiger partial charge >= 0.3 is 0 Å². The molecule has 0 aliphatic heterocycles. The molecular formula is C14H22FN3O. The number of carbonyl (C=O) groups is 1. The van der Waals surface area contributed by atoms with E-state index in [2.05, 4.69) is 5.32 Å². The quantitative estimate of drug-likeness (QED) is 0.821. The van der Waals surface area contributed by atoms with Crippen LogP contribution in [0.3, 0.4) is 0 Å². The van der Waals surface area contributed by atoms with Crippen molar-refractivity contribution in [2.24, 2.45) is 11.7 Å². The number of amides is 1. The Morgan fingerprint density at radius 1 is 1.47 bits per heavy atom. The van der Waals surface area contributed by atoms with Gasteiger partial charge in [0.15, 0.2) is 0 Å². The zero-order valence-corrected chi connectivity index (χ0v) is 11.7. The summed E-state index contributed by atoms with van der Waals surface area (Å²) in [5.41, 5.74) is 6.58. The molecule has 5 heteroatoms. The SMILES string of the molecule is CC(C)CNC(=O)CN(C)c1ccc(CN)cc1F. The third-order valence-electron chi connectivity index (χ3n) is 2.75. The average molecular weight is 267 g/mol. The number of hydrogen-bond donors (Lipinski definition) is 2. The normalized spacial score (nSPS) is 10.6. The predicted molar refractivity (Wildman–Crippen MR) is 75.4 cm³/mol. The lowest BCUT2D eigenvalue weighted by atomic mass is 10.2. The van der Waals surface area contributed by atoms with Gasteiger partial charge in [0.25, 0.3) is 0 Å². The number of hydrogen-bond acceptors (Lipinski definition) is 3. The van der Waals surface area contributed by atoms with E-state index < -0.39 is 0 Å². The molecule has 0 fully saturated rings. The molecule has 0 saturated heterocycles. The highest BCUT2D eigenvalue weighted by Gasteiger charge is 2.11. The van der Waals surface area contributed by atoms with Crippen LogP contribution in [0.25, 0.3) is 0 Å². The molecule has 106 valence electrons. The lowest BCUT2D eigenvalue weighted by molar-refractivity contribution is -0.119. The molecule has 19 heavy (non-hydrogen) atoms. The first-order valence-electron chi connectivity index (χ1n) is 6.40. The van der Waals surface area contributed by atoms with E-state index in [0.717, 1.165) is 5.56 Å². The van der Waals surface area contributed by atoms with Gasteiger partial charge in [0.1, 0.15) is 5.82 Å². The summed E-state index contributed by atoms with van der Waals surface area (Å²) >= 11 is 0. The van der Waals surface area contributed by atoms with Crippen molar-refractivity contribution in [3.8, 4) is 0 Å². The van der Waals surface area contributed by atoms with E-state index in [1.165, 1.54) is 6.07 Å². The molecule has 0 radical (unpaired) electrons. The Labute approximate surface area is 113 Å². The summed E-state index contributed by atoms with van der Waals surface area (Å²) in [4.78, 5) is 13.3. The van der Waals surface area contributed by atoms with Gasteiger partial charge in [-0.1, -0.05) is 19.9 Å². The van der Waals surface area contributed by atoms with Crippen LogP contribution < -0.4 is 16.0 Å². The number of benzene rings is 1. The highest BCUT2D eigenvalue weighted by Crippen LogP contribution is 2.19. The second-order valence-corrected chi connectivity index (χ2v) is 5.04. The highest BCUT2D eigenvalue weighted by molar-refractivity contribution is 5.81. The maximum absolute atomic E-state index is 13.8. The molecule has 3 N–H and O–H groups in total. The third kappa shape index (κ3) is 4.87. The molecule has 1 aromatic carbocycles. The molecule has 0 aliphatic rings. The van der Waals surface area contributed by atoms with Gasteiger partial charge in [0.2, 0.25) is 5.91 Å². The summed E-state index contributed by atoms with van der Waals surface area (Å²) in [6.45, 7) is 5.10. The molecule has 1 aromatic rings. The van der Waals surface area contributed by atoms with Crippen molar-refractivity contribution in [1.29, 1.82) is 0 Å². The number of nitrogens with two attached hydrogens (primary N) is 1. The van der Waals surface area contributed by atoms with Crippen LogP contribution in [0.4, 0.5) is 10.1 Å². The summed E-state index contributed by atoms with van der Waals surface area (Å²) in [5, 5.41) is 2.80. The molecule has 1 rings (SSSR count). The summed E-state index contributed by atoms with van der Waals surface area (Å²) < 4.78 is 13.8. The van der Waals surface area contributed by atoms with Crippen molar-refractivity contribution < 1.29 is 9.18 Å². The average Bonchev–Trinajstić information content (AvgIpc) is 2.35. The Hall–Kier alpha value is -1.62. The minimum absolute atomic E-state index is 0.112. The minimum atomic E-state index is -0.359. The number of rotatable bonds is 6. The minimum Gasteiger partial charge on any atom is -0.363 e. The van der Waals surface area contributed by atoms with Crippen LogP contribution in [0.15, 0.2) is 18.2 Å². The van der Waals surface area contributed by atoms with Crippen molar-refractivity contribution >= 4 is 11.6 Å². The number of carbonyl (C=O) groups excluding carboxylic acids is 1. The zero-order chi connectivity index (χ0) is 14.4. The van der Waals surface area contributed by atoms with E-state index in [4.69, 9.17) is 5.73 Å². The summed E-state index contributed by atoms with van der Waals surface area (Å²) in [6.07, 6.45) is 0. The first-order valence-corrected chi connectivity index (χ1v) is 6.40. The molecule has 0 heterocycles. The number of nitrogens with zero attached hydrogens (tertiary/aromatic N) is 1. The van der Waals surface area contributed by atoms with Gasteiger partial charge in [0, 0.05) is 20.1 Å². The number of nitrogens with one attached hydrogen (secondary N) is 1. The van der Waals surface area contributed by atoms with Gasteiger partial charge < -0.3 is 16.0 Å². The van der Waals surface area contributed by atoms with Crippen LogP contribution in [-0.4, -0.2) is 26.0 Å². The Kier molecular flexibility index (Phi) is 5.76. The standard InChI is InChI=1S/C14H22FN3O/c1-10(2)8-17-14(19)9-18(3)13-5-4-11(7-16)6-12(13)15/h4-6,10H,7-9,16H2,1-3H3,(H,17,19). The monoisotopic (exact) mass is 267 g/mol. The lowest BCUT2D eigenvalue weighted by Gasteiger charge is -2.20. The summed E-state index contributed by atoms with van der Waals surface area (Å²) in [6, 6.07) is 4.81. The van der Waals surface area contributed by atoms with E-state index in [1.807, 2.05) is 13.8 Å². The largest absolute Gasteiger partial charge is 0.363 e. The van der Waals surface area contributed by atoms with Gasteiger partial charge in [-0.2, -0.15) is 0 Å². The maximum Gasteiger partial charge on any atom is 0.239 e. The Morgan fingerprint density at radius 2 is 2.16 bits per heavy atom. The van der Waals surface area contributed by atoms with E-state index in [1.54, 1.807) is 24.1 Å². The molecule has 1 amide bonds. The van der Waals surface area contributed by atoms with Crippen LogP contribution >= 0.6 is 0 Å². The van der Waals surface area contributed by atoms with Crippen LogP contribution in [0.1, 0.15) is 19.4 Å². The smallest absolute Gasteiger partial charge is 0.239 e. The van der Waals surface area contributed by atoms with Crippen molar-refractivity contribution in [1.82, 2.24) is 5.32 Å². The van der Waals surface area contributed by atoms with Gasteiger partial charge in [-0.05, 0) is 23.6 Å². The fourth-order valence-electron chi connectivity index (χ4n) is 1.66. The molecule has 4 nitrogen and oxygen atoms in total. The van der Waals surface area contributed by atoms with Gasteiger partial charge in [0.05, 0.1) is 12.2 Å². The fourth-order valence-corrected chi connectivity index (χ4v) is 1.66. The number of anilines is 1. The van der Waals surface area contributed by atoms with E-state index in [0.29, 0.717) is 24.7 Å². The summed E-state index contributed by atoms with van der Waals surface area (Å²) in [7, 11) is 1.69. The van der Waals surface area contributed by atoms with Crippen LogP contribution in [0.5, 0.6) is 0 Å². The molecule has 0 aromatic heterocycles. The number of likely N-dealkylation sites (N-methyl/N-ethyl adjacent to an activating group) is 1. The summed E-state index contributed by atoms with van der Waals surface area (Å²) in [5.74, 6) is -0.0737. The van der Waals surface area contributed by atoms with E-state index in [-0.39, 0.29) is 18.3 Å². The molecular weight excluding hydrogens is 245 g/mol. The van der Waals surface area contributed by atoms with Crippen LogP contribution in [0.2, 0.25) is 0 Å². The molecule has 0 unspecified atom stereocenters. The van der Waals surface area contributed by atoms with Gasteiger partial charge in [-0.25, -0.2) is 4.39 Å². The van der Waals surface area contributed by atoms with Crippen molar-refractivity contribution in [3.63, 3.8) is 0 Å². The molecule has 0 aliphatic carbocycles. The molecule has 0 spiro atoms. The zero-order valence-electron chi connectivity index (χ0n) is 11.7. The molecule has 0 atom stereocenters. The topological polar surface area (TPSA) is 58.4 Å². The van der Waals surface area contributed by atoms with Crippen molar-refractivity contribution in [2.45, 2.75) is 20.4 Å². The Bertz CT molecular complexity index is 435. The number of halogens is 1. The molecule has 0 saturated carbocycles. The Morgan fingerprint density at radius 3 is 2.68 bits per heavy atom. The lowest BCUT2D eigenvalue weighted by Crippen LogP contribution is -2.37. The van der Waals surface area contributed by atoms with Gasteiger partial charge in [-0.3, -0.25) is 4.79 Å². The van der Waals surface area contributed by atoms with Gasteiger partial charge in [-0.15, -0.1) is 0 Å². The third-order valence-corrected chi connectivity index (χ3v) is 2.75. The van der Waals surface area contributed by atoms with E-state index >= 15 is 0 Å². The van der Waals surface area contributed by atoms with Crippen LogP contribution in [0, 0.1) is 11.7 Å². The predicted octanol–water partition coefficient (Wildman–Crippen LogP) is 1.49. The fraction of sp³-hybridized carbons (Fsp3) is 0.500. The molecule has 0 bridgehead atoms. The van der Waals surface area contributed by atoms with Crippen LogP contribution in [-0.2, 0) is 11.3 Å². The first-order chi connectivity index (χ1) is 8.93. The second kappa shape index (κ2) is 7.09. The van der Waals surface area contributed by atoms with Crippen molar-refractivity contribution in [2.75, 3.05) is 25.0 Å². The maximum atomic E-state index is 13.8. The van der Waals surface area contributed by atoms with E-state index in [9.17, 15) is 9.18 Å². The first kappa shape index (κ1) is 15.4. The van der Waals surface area contributed by atoms with Crippen molar-refractivity contribution in [3.05, 3.63) is 29.6 Å².